The molecule has 0 spiro atoms. The lowest BCUT2D eigenvalue weighted by molar-refractivity contribution is -0.176. The molecule has 0 bridgehead atoms. The van der Waals surface area contributed by atoms with Gasteiger partial charge in [-0.2, -0.15) is 0 Å². The first-order valence-corrected chi connectivity index (χ1v) is 9.29. The highest BCUT2D eigenvalue weighted by molar-refractivity contribution is 6.32. The standard InChI is InChI=1S/C10H19BO12.2CH8N6/c12-1-3(14)5(16)7(18)9(20)10(23-11(21)22)8(19)6(17)4(15)2-13;2*2-1(6-3)7(4)5/h1-10,14-22H;2*3-5H2,(H2,2,6). The lowest BCUT2D eigenvalue weighted by Gasteiger charge is -2.35. The van der Waals surface area contributed by atoms with E-state index in [9.17, 15) is 35.1 Å². The number of hydrogen-bond acceptors (Lipinski definition) is 20. The Morgan fingerprint density at radius 1 is 0.676 bits per heavy atom. The number of nitrogens with zero attached hydrogens (tertiary/aromatic N) is 4. The number of hydrazone groups is 2. The van der Waals surface area contributed by atoms with E-state index < -0.39 is 56.2 Å². The minimum absolute atomic E-state index is 0.111. The molecule has 0 saturated carbocycles. The van der Waals surface area contributed by atoms with E-state index in [1.165, 1.54) is 0 Å². The van der Waals surface area contributed by atoms with Crippen LogP contribution in [0.1, 0.15) is 0 Å². The summed E-state index contributed by atoms with van der Waals surface area (Å²) in [4.78, 5) is 20.7. The molecule has 0 aromatic carbocycles. The minimum atomic E-state index is -2.62. The number of carbonyl (C=O) groups is 2. The average molecular weight is 550 g/mol. The van der Waals surface area contributed by atoms with E-state index in [2.05, 4.69) is 26.5 Å². The van der Waals surface area contributed by atoms with Gasteiger partial charge >= 0.3 is 7.32 Å². The zero-order valence-corrected chi connectivity index (χ0v) is 19.0. The molecule has 25 N–H and O–H groups in total. The highest BCUT2D eigenvalue weighted by atomic mass is 16.6. The summed E-state index contributed by atoms with van der Waals surface area (Å²) >= 11 is 0. The van der Waals surface area contributed by atoms with Crippen LogP contribution in [-0.4, -0.2) is 137 Å². The molecular formula is C12H35BN12O12. The van der Waals surface area contributed by atoms with Crippen molar-refractivity contribution in [1.82, 2.24) is 10.2 Å². The number of aliphatic hydroxyl groups is 7. The number of hydrazine groups is 4. The van der Waals surface area contributed by atoms with E-state index in [0.717, 1.165) is 0 Å². The van der Waals surface area contributed by atoms with E-state index in [1.807, 2.05) is 0 Å². The molecule has 0 aromatic heterocycles. The van der Waals surface area contributed by atoms with Crippen LogP contribution in [-0.2, 0) is 14.2 Å². The number of guanidine groups is 2. The van der Waals surface area contributed by atoms with Gasteiger partial charge in [-0.05, 0) is 0 Å². The Morgan fingerprint density at radius 2 is 0.973 bits per heavy atom. The van der Waals surface area contributed by atoms with Crippen LogP contribution in [0.5, 0.6) is 0 Å². The summed E-state index contributed by atoms with van der Waals surface area (Å²) in [6.45, 7) is 0. The normalized spacial score (nSPS) is 18.1. The van der Waals surface area contributed by atoms with Gasteiger partial charge in [-0.15, -0.1) is 10.2 Å². The third-order valence-electron chi connectivity index (χ3n) is 3.77. The first kappa shape index (κ1) is 38.5. The number of aliphatic hydroxyl groups excluding tert-OH is 7. The number of nitrogens with two attached hydrogens (primary N) is 8. The molecule has 25 heteroatoms. The molecule has 218 valence electrons. The van der Waals surface area contributed by atoms with Crippen LogP contribution in [0.4, 0.5) is 0 Å². The predicted molar refractivity (Wildman–Crippen MR) is 121 cm³/mol. The molecule has 0 aliphatic heterocycles. The quantitative estimate of drug-likeness (QED) is 0.0283. The molecule has 0 radical (unpaired) electrons. The fraction of sp³-hybridized carbons (Fsp3) is 0.667. The fourth-order valence-corrected chi connectivity index (χ4v) is 1.79. The summed E-state index contributed by atoms with van der Waals surface area (Å²) in [5.74, 6) is 28.3. The number of rotatable bonds is 11. The Bertz CT molecular complexity index is 670. The monoisotopic (exact) mass is 550 g/mol. The third kappa shape index (κ3) is 15.6. The van der Waals surface area contributed by atoms with Gasteiger partial charge in [0.15, 0.2) is 12.6 Å². The van der Waals surface area contributed by atoms with Gasteiger partial charge < -0.3 is 83.2 Å². The van der Waals surface area contributed by atoms with Gasteiger partial charge in [0.25, 0.3) is 0 Å². The van der Waals surface area contributed by atoms with E-state index in [4.69, 9.17) is 55.1 Å². The summed E-state index contributed by atoms with van der Waals surface area (Å²) < 4.78 is 4.26. The molecule has 8 unspecified atom stereocenters. The van der Waals surface area contributed by atoms with Crippen molar-refractivity contribution < 1.29 is 60.0 Å². The Hall–Kier alpha value is -3.02. The van der Waals surface area contributed by atoms with Crippen LogP contribution in [0, 0.1) is 0 Å². The minimum Gasteiger partial charge on any atom is -0.402 e. The molecule has 0 fully saturated rings. The van der Waals surface area contributed by atoms with E-state index in [0.29, 0.717) is 10.2 Å². The van der Waals surface area contributed by atoms with E-state index in [1.54, 1.807) is 0 Å². The summed E-state index contributed by atoms with van der Waals surface area (Å²) in [7, 11) is -2.62. The maximum absolute atomic E-state index is 10.4. The van der Waals surface area contributed by atoms with Crippen LogP contribution in [0.25, 0.3) is 0 Å². The van der Waals surface area contributed by atoms with Gasteiger partial charge in [-0.25, -0.2) is 33.6 Å². The van der Waals surface area contributed by atoms with Crippen LogP contribution >= 0.6 is 0 Å². The third-order valence-corrected chi connectivity index (χ3v) is 3.77. The maximum Gasteiger partial charge on any atom is 0.634 e. The van der Waals surface area contributed by atoms with Crippen molar-refractivity contribution in [2.24, 2.45) is 56.7 Å². The first-order chi connectivity index (χ1) is 16.9. The fourth-order valence-electron chi connectivity index (χ4n) is 1.79. The topological polar surface area (TPSA) is 465 Å². The van der Waals surface area contributed by atoms with Crippen LogP contribution in [0.2, 0.25) is 0 Å². The van der Waals surface area contributed by atoms with Crippen LogP contribution < -0.4 is 46.5 Å². The van der Waals surface area contributed by atoms with E-state index >= 15 is 0 Å². The molecule has 0 saturated heterocycles. The van der Waals surface area contributed by atoms with Crippen molar-refractivity contribution in [3.05, 3.63) is 0 Å². The lowest BCUT2D eigenvalue weighted by atomic mass is 9.92. The Balaban J connectivity index is -0.000000670. The molecule has 37 heavy (non-hydrogen) atoms. The van der Waals surface area contributed by atoms with Crippen LogP contribution in [0.15, 0.2) is 10.2 Å². The molecule has 0 amide bonds. The van der Waals surface area contributed by atoms with Gasteiger partial charge in [0, 0.05) is 0 Å². The largest absolute Gasteiger partial charge is 0.634 e. The number of carbonyl (C=O) groups excluding carboxylic acids is 2. The van der Waals surface area contributed by atoms with Gasteiger partial charge in [0.1, 0.15) is 48.8 Å². The SMILES string of the molecule is NN=C(N)N(N)N.NN=C(N)N(N)N.O=CC(O)C(O)C(O)C(O)C(OB(O)O)C(O)C(O)C(O)C=O. The van der Waals surface area contributed by atoms with Gasteiger partial charge in [0.05, 0.1) is 0 Å². The lowest BCUT2D eigenvalue weighted by Crippen LogP contribution is -2.58. The van der Waals surface area contributed by atoms with Crippen LogP contribution in [0.3, 0.4) is 0 Å². The summed E-state index contributed by atoms with van der Waals surface area (Å²) in [6.07, 6.45) is -18.4. The van der Waals surface area contributed by atoms with Crippen molar-refractivity contribution in [1.29, 1.82) is 0 Å². The van der Waals surface area contributed by atoms with Crippen molar-refractivity contribution >= 4 is 31.8 Å². The average Bonchev–Trinajstić information content (AvgIpc) is 2.87. The number of aldehydes is 2. The molecule has 24 nitrogen and oxygen atoms in total. The molecule has 0 aromatic rings. The first-order valence-electron chi connectivity index (χ1n) is 9.29. The summed E-state index contributed by atoms with van der Waals surface area (Å²) in [5.41, 5.74) is 9.83. The Morgan fingerprint density at radius 3 is 1.19 bits per heavy atom. The second-order valence-corrected chi connectivity index (χ2v) is 6.42. The second kappa shape index (κ2) is 20.1. The highest BCUT2D eigenvalue weighted by Crippen LogP contribution is 2.17. The predicted octanol–water partition coefficient (Wildman–Crippen LogP) is -12.3. The van der Waals surface area contributed by atoms with E-state index in [-0.39, 0.29) is 24.5 Å². The summed E-state index contributed by atoms with van der Waals surface area (Å²) in [5, 5.41) is 90.7. The zero-order chi connectivity index (χ0) is 30.0. The molecule has 0 aliphatic rings. The van der Waals surface area contributed by atoms with Gasteiger partial charge in [-0.1, -0.05) is 0 Å². The maximum atomic E-state index is 10.4. The Kier molecular flexibility index (Phi) is 20.9. The smallest absolute Gasteiger partial charge is 0.402 e. The van der Waals surface area contributed by atoms with Crippen molar-refractivity contribution in [2.45, 2.75) is 48.8 Å². The van der Waals surface area contributed by atoms with Gasteiger partial charge in [0.2, 0.25) is 11.9 Å². The molecular weight excluding hydrogens is 515 g/mol. The molecule has 0 rings (SSSR count). The van der Waals surface area contributed by atoms with Crippen molar-refractivity contribution in [3.8, 4) is 0 Å². The van der Waals surface area contributed by atoms with Gasteiger partial charge in [-0.3, -0.25) is 0 Å². The molecule has 0 heterocycles. The van der Waals surface area contributed by atoms with Crippen molar-refractivity contribution in [2.75, 3.05) is 0 Å². The molecule has 8 atom stereocenters. The second-order valence-electron chi connectivity index (χ2n) is 6.42. The zero-order valence-electron chi connectivity index (χ0n) is 19.0. The van der Waals surface area contributed by atoms with Crippen molar-refractivity contribution in [3.63, 3.8) is 0 Å². The molecule has 0 aliphatic carbocycles. The number of hydrogen-bond donors (Lipinski definition) is 17. The Labute approximate surface area is 208 Å². The highest BCUT2D eigenvalue weighted by Gasteiger charge is 2.43. The summed E-state index contributed by atoms with van der Waals surface area (Å²) in [6, 6.07) is 0.